The fourth-order valence-electron chi connectivity index (χ4n) is 3.34. The summed E-state index contributed by atoms with van der Waals surface area (Å²) in [5.74, 6) is -0.623. The van der Waals surface area contributed by atoms with Gasteiger partial charge in [0.1, 0.15) is 0 Å². The van der Waals surface area contributed by atoms with E-state index in [-0.39, 0.29) is 6.54 Å². The van der Waals surface area contributed by atoms with E-state index in [1.165, 1.54) is 10.6 Å². The van der Waals surface area contributed by atoms with E-state index in [1.54, 1.807) is 18.2 Å². The average Bonchev–Trinajstić information content (AvgIpc) is 2.59. The largest absolute Gasteiger partial charge is 0.391 e. The SMILES string of the molecule is CS(=O)(=O)N(Cc1ccccc1)c1cccc2c1CCC(O)C2C#N. The van der Waals surface area contributed by atoms with Gasteiger partial charge in [0.25, 0.3) is 0 Å². The molecule has 0 spiro atoms. The van der Waals surface area contributed by atoms with Gasteiger partial charge in [0.2, 0.25) is 10.0 Å². The van der Waals surface area contributed by atoms with Crippen molar-refractivity contribution < 1.29 is 13.5 Å². The highest BCUT2D eigenvalue weighted by molar-refractivity contribution is 7.92. The van der Waals surface area contributed by atoms with E-state index >= 15 is 0 Å². The number of nitriles is 1. The molecule has 0 radical (unpaired) electrons. The molecule has 6 heteroatoms. The topological polar surface area (TPSA) is 81.4 Å². The first-order valence-electron chi connectivity index (χ1n) is 8.13. The fourth-order valence-corrected chi connectivity index (χ4v) is 4.25. The van der Waals surface area contributed by atoms with Gasteiger partial charge in [-0.15, -0.1) is 0 Å². The molecule has 1 aliphatic rings. The van der Waals surface area contributed by atoms with Crippen LogP contribution in [-0.2, 0) is 23.0 Å². The first-order chi connectivity index (χ1) is 11.9. The van der Waals surface area contributed by atoms with Crippen molar-refractivity contribution in [1.82, 2.24) is 0 Å². The van der Waals surface area contributed by atoms with Gasteiger partial charge in [0.15, 0.2) is 0 Å². The lowest BCUT2D eigenvalue weighted by Crippen LogP contribution is -2.32. The Bertz CT molecular complexity index is 904. The number of benzene rings is 2. The van der Waals surface area contributed by atoms with Gasteiger partial charge in [-0.3, -0.25) is 4.31 Å². The molecule has 0 aliphatic heterocycles. The molecule has 1 N–H and O–H groups in total. The molecule has 1 aliphatic carbocycles. The minimum Gasteiger partial charge on any atom is -0.391 e. The zero-order chi connectivity index (χ0) is 18.0. The van der Waals surface area contributed by atoms with E-state index in [1.807, 2.05) is 30.3 Å². The van der Waals surface area contributed by atoms with Crippen LogP contribution in [0.3, 0.4) is 0 Å². The van der Waals surface area contributed by atoms with E-state index in [4.69, 9.17) is 0 Å². The normalized spacial score (nSPS) is 19.7. The number of aliphatic hydroxyl groups excluding tert-OH is 1. The number of fused-ring (bicyclic) bond motifs is 1. The van der Waals surface area contributed by atoms with Crippen molar-refractivity contribution >= 4 is 15.7 Å². The van der Waals surface area contributed by atoms with Gasteiger partial charge in [0.05, 0.1) is 36.6 Å². The third-order valence-corrected chi connectivity index (χ3v) is 5.70. The summed E-state index contributed by atoms with van der Waals surface area (Å²) in [6.07, 6.45) is 1.47. The van der Waals surface area contributed by atoms with E-state index in [0.717, 1.165) is 16.7 Å². The predicted octanol–water partition coefficient (Wildman–Crippen LogP) is 2.57. The second kappa shape index (κ2) is 6.87. The standard InChI is InChI=1S/C19H20N2O3S/c1-25(23,24)21(13-14-6-3-2-4-7-14)18-9-5-8-15-16(18)10-11-19(22)17(15)12-20/h2-9,17,19,22H,10-11,13H2,1H3. The second-order valence-corrected chi connectivity index (χ2v) is 8.22. The summed E-state index contributed by atoms with van der Waals surface area (Å²) in [5.41, 5.74) is 3.04. The summed E-state index contributed by atoms with van der Waals surface area (Å²) in [6, 6.07) is 16.9. The van der Waals surface area contributed by atoms with Crippen LogP contribution in [0, 0.1) is 11.3 Å². The molecule has 0 fully saturated rings. The molecule has 0 bridgehead atoms. The van der Waals surface area contributed by atoms with Gasteiger partial charge in [-0.1, -0.05) is 42.5 Å². The quantitative estimate of drug-likeness (QED) is 0.913. The second-order valence-electron chi connectivity index (χ2n) is 6.31. The third-order valence-electron chi connectivity index (χ3n) is 4.57. The molecule has 0 saturated heterocycles. The third kappa shape index (κ3) is 3.53. The maximum Gasteiger partial charge on any atom is 0.232 e. The molecule has 2 aromatic rings. The molecule has 0 amide bonds. The van der Waals surface area contributed by atoms with E-state index in [0.29, 0.717) is 18.5 Å². The van der Waals surface area contributed by atoms with Crippen molar-refractivity contribution in [2.75, 3.05) is 10.6 Å². The van der Waals surface area contributed by atoms with Crippen LogP contribution in [0.4, 0.5) is 5.69 Å². The number of hydrogen-bond acceptors (Lipinski definition) is 4. The molecule has 2 aromatic carbocycles. The number of aliphatic hydroxyl groups is 1. The molecule has 5 nitrogen and oxygen atoms in total. The minimum atomic E-state index is -3.50. The van der Waals surface area contributed by atoms with Crippen molar-refractivity contribution in [3.63, 3.8) is 0 Å². The van der Waals surface area contributed by atoms with Gasteiger partial charge >= 0.3 is 0 Å². The zero-order valence-corrected chi connectivity index (χ0v) is 14.8. The Morgan fingerprint density at radius 2 is 1.92 bits per heavy atom. The number of anilines is 1. The summed E-state index contributed by atoms with van der Waals surface area (Å²) in [7, 11) is -3.50. The minimum absolute atomic E-state index is 0.232. The molecular weight excluding hydrogens is 336 g/mol. The lowest BCUT2D eigenvalue weighted by Gasteiger charge is -2.31. The Kier molecular flexibility index (Phi) is 4.80. The van der Waals surface area contributed by atoms with Crippen LogP contribution in [0.5, 0.6) is 0 Å². The van der Waals surface area contributed by atoms with Crippen LogP contribution < -0.4 is 4.31 Å². The number of sulfonamides is 1. The van der Waals surface area contributed by atoms with Crippen molar-refractivity contribution in [3.8, 4) is 6.07 Å². The molecule has 2 unspecified atom stereocenters. The number of hydrogen-bond donors (Lipinski definition) is 1. The van der Waals surface area contributed by atoms with Crippen molar-refractivity contribution in [2.45, 2.75) is 31.4 Å². The Morgan fingerprint density at radius 3 is 2.56 bits per heavy atom. The van der Waals surface area contributed by atoms with Crippen molar-refractivity contribution in [1.29, 1.82) is 5.26 Å². The van der Waals surface area contributed by atoms with Gasteiger partial charge in [-0.25, -0.2) is 8.42 Å². The molecule has 25 heavy (non-hydrogen) atoms. The molecular formula is C19H20N2O3S. The number of nitrogens with zero attached hydrogens (tertiary/aromatic N) is 2. The van der Waals surface area contributed by atoms with Gasteiger partial charge < -0.3 is 5.11 Å². The highest BCUT2D eigenvalue weighted by atomic mass is 32.2. The Labute approximate surface area is 148 Å². The van der Waals surface area contributed by atoms with Crippen LogP contribution in [0.1, 0.15) is 29.0 Å². The molecule has 3 rings (SSSR count). The van der Waals surface area contributed by atoms with Gasteiger partial charge in [0, 0.05) is 0 Å². The van der Waals surface area contributed by atoms with Crippen LogP contribution in [0.25, 0.3) is 0 Å². The van der Waals surface area contributed by atoms with Gasteiger partial charge in [-0.2, -0.15) is 5.26 Å². The summed E-state index contributed by atoms with van der Waals surface area (Å²) in [6.45, 7) is 0.232. The molecule has 130 valence electrons. The molecule has 0 aromatic heterocycles. The predicted molar refractivity (Wildman–Crippen MR) is 96.6 cm³/mol. The fraction of sp³-hybridized carbons (Fsp3) is 0.316. The lowest BCUT2D eigenvalue weighted by atomic mass is 9.81. The monoisotopic (exact) mass is 356 g/mol. The van der Waals surface area contributed by atoms with Crippen molar-refractivity contribution in [3.05, 3.63) is 65.2 Å². The molecule has 0 heterocycles. The summed E-state index contributed by atoms with van der Waals surface area (Å²) in [5, 5.41) is 19.5. The van der Waals surface area contributed by atoms with Crippen LogP contribution in [0.2, 0.25) is 0 Å². The highest BCUT2D eigenvalue weighted by Crippen LogP contribution is 2.38. The summed E-state index contributed by atoms with van der Waals surface area (Å²) in [4.78, 5) is 0. The van der Waals surface area contributed by atoms with Crippen molar-refractivity contribution in [2.24, 2.45) is 0 Å². The maximum absolute atomic E-state index is 12.4. The Morgan fingerprint density at radius 1 is 1.20 bits per heavy atom. The maximum atomic E-state index is 12.4. The van der Waals surface area contributed by atoms with E-state index in [2.05, 4.69) is 6.07 Å². The van der Waals surface area contributed by atoms with Crippen LogP contribution in [-0.4, -0.2) is 25.9 Å². The Balaban J connectivity index is 2.09. The summed E-state index contributed by atoms with van der Waals surface area (Å²) < 4.78 is 26.3. The first-order valence-corrected chi connectivity index (χ1v) is 9.97. The first kappa shape index (κ1) is 17.5. The average molecular weight is 356 g/mol. The zero-order valence-electron chi connectivity index (χ0n) is 14.0. The molecule has 0 saturated carbocycles. The highest BCUT2D eigenvalue weighted by Gasteiger charge is 2.32. The Hall–Kier alpha value is -2.36. The number of rotatable bonds is 4. The molecule has 2 atom stereocenters. The van der Waals surface area contributed by atoms with Crippen LogP contribution in [0.15, 0.2) is 48.5 Å². The van der Waals surface area contributed by atoms with Gasteiger partial charge in [-0.05, 0) is 35.6 Å². The smallest absolute Gasteiger partial charge is 0.232 e. The van der Waals surface area contributed by atoms with Crippen LogP contribution >= 0.6 is 0 Å². The van der Waals surface area contributed by atoms with E-state index < -0.39 is 22.0 Å². The lowest BCUT2D eigenvalue weighted by molar-refractivity contribution is 0.145. The van der Waals surface area contributed by atoms with E-state index in [9.17, 15) is 18.8 Å². The summed E-state index contributed by atoms with van der Waals surface area (Å²) >= 11 is 0.